The van der Waals surface area contributed by atoms with E-state index in [1.54, 1.807) is 24.3 Å². The van der Waals surface area contributed by atoms with E-state index in [-0.39, 0.29) is 24.4 Å². The Balaban J connectivity index is 1.85. The standard InChI is InChI=1S/C15H17ClN2O3/c16-9-2-1-3-11(6-9)18(8-14(19)20)15(21)12-7-10-4-5-13(12)17-10/h1-3,6,10,12-13,17H,4-5,7-8H2,(H,19,20). The summed E-state index contributed by atoms with van der Waals surface area (Å²) in [6, 6.07) is 7.34. The van der Waals surface area contributed by atoms with Crippen molar-refractivity contribution in [2.24, 2.45) is 5.92 Å². The van der Waals surface area contributed by atoms with Crippen LogP contribution in [0.4, 0.5) is 5.69 Å². The lowest BCUT2D eigenvalue weighted by atomic mass is 9.88. The molecule has 2 aliphatic heterocycles. The Hall–Kier alpha value is -1.59. The molecule has 2 bridgehead atoms. The van der Waals surface area contributed by atoms with E-state index < -0.39 is 5.97 Å². The van der Waals surface area contributed by atoms with Crippen molar-refractivity contribution in [3.05, 3.63) is 29.3 Å². The number of carbonyl (C=O) groups excluding carboxylic acids is 1. The summed E-state index contributed by atoms with van der Waals surface area (Å²) >= 11 is 5.96. The largest absolute Gasteiger partial charge is 0.480 e. The van der Waals surface area contributed by atoms with Crippen molar-refractivity contribution in [2.75, 3.05) is 11.4 Å². The third kappa shape index (κ3) is 2.89. The molecule has 1 aromatic rings. The Morgan fingerprint density at radius 2 is 2.19 bits per heavy atom. The number of nitrogens with zero attached hydrogens (tertiary/aromatic N) is 1. The van der Waals surface area contributed by atoms with Crippen molar-refractivity contribution < 1.29 is 14.7 Å². The van der Waals surface area contributed by atoms with E-state index in [9.17, 15) is 9.59 Å². The van der Waals surface area contributed by atoms with Crippen molar-refractivity contribution in [1.82, 2.24) is 5.32 Å². The smallest absolute Gasteiger partial charge is 0.323 e. The van der Waals surface area contributed by atoms with E-state index in [2.05, 4.69) is 5.32 Å². The Bertz CT molecular complexity index is 578. The van der Waals surface area contributed by atoms with Crippen LogP contribution in [0.15, 0.2) is 24.3 Å². The first-order valence-corrected chi connectivity index (χ1v) is 7.47. The molecule has 2 aliphatic rings. The van der Waals surface area contributed by atoms with Crippen molar-refractivity contribution in [3.8, 4) is 0 Å². The first-order chi connectivity index (χ1) is 10.0. The van der Waals surface area contributed by atoms with E-state index in [1.807, 2.05) is 0 Å². The monoisotopic (exact) mass is 308 g/mol. The quantitative estimate of drug-likeness (QED) is 0.891. The molecule has 0 aliphatic carbocycles. The summed E-state index contributed by atoms with van der Waals surface area (Å²) in [5.74, 6) is -1.29. The minimum atomic E-state index is -1.03. The average molecular weight is 309 g/mol. The number of carboxylic acids is 1. The zero-order valence-corrected chi connectivity index (χ0v) is 12.2. The first-order valence-electron chi connectivity index (χ1n) is 7.09. The van der Waals surface area contributed by atoms with Gasteiger partial charge in [0.1, 0.15) is 6.54 Å². The molecule has 1 aromatic carbocycles. The van der Waals surface area contributed by atoms with Crippen LogP contribution >= 0.6 is 11.6 Å². The second-order valence-electron chi connectivity index (χ2n) is 5.69. The molecule has 1 amide bonds. The number of halogens is 1. The van der Waals surface area contributed by atoms with Gasteiger partial charge in [-0.25, -0.2) is 0 Å². The number of hydrogen-bond donors (Lipinski definition) is 2. The number of carboxylic acid groups (broad SMARTS) is 1. The highest BCUT2D eigenvalue weighted by Crippen LogP contribution is 2.35. The lowest BCUT2D eigenvalue weighted by molar-refractivity contribution is -0.137. The molecule has 2 N–H and O–H groups in total. The Labute approximate surface area is 127 Å². The molecule has 3 atom stereocenters. The van der Waals surface area contributed by atoms with Gasteiger partial charge < -0.3 is 15.3 Å². The molecule has 0 aromatic heterocycles. The maximum absolute atomic E-state index is 12.8. The molecule has 2 saturated heterocycles. The molecule has 3 rings (SSSR count). The third-order valence-corrected chi connectivity index (χ3v) is 4.53. The molecule has 3 unspecified atom stereocenters. The summed E-state index contributed by atoms with van der Waals surface area (Å²) in [5, 5.41) is 13.0. The molecule has 0 spiro atoms. The molecule has 0 radical (unpaired) electrons. The van der Waals surface area contributed by atoms with Crippen LogP contribution in [0.5, 0.6) is 0 Å². The van der Waals surface area contributed by atoms with Gasteiger partial charge >= 0.3 is 5.97 Å². The van der Waals surface area contributed by atoms with Gasteiger partial charge in [-0.1, -0.05) is 17.7 Å². The SMILES string of the molecule is O=C(O)CN(C(=O)C1CC2CCC1N2)c1cccc(Cl)c1. The second kappa shape index (κ2) is 5.66. The van der Waals surface area contributed by atoms with Gasteiger partial charge in [-0.3, -0.25) is 9.59 Å². The molecular weight excluding hydrogens is 292 g/mol. The molecule has 0 saturated carbocycles. The molecular formula is C15H17ClN2O3. The second-order valence-corrected chi connectivity index (χ2v) is 6.12. The zero-order chi connectivity index (χ0) is 15.0. The van der Waals surface area contributed by atoms with Gasteiger partial charge in [0.15, 0.2) is 0 Å². The van der Waals surface area contributed by atoms with E-state index >= 15 is 0 Å². The van der Waals surface area contributed by atoms with Gasteiger partial charge in [-0.05, 0) is 37.5 Å². The summed E-state index contributed by atoms with van der Waals surface area (Å²) in [5.41, 5.74) is 0.540. The van der Waals surface area contributed by atoms with Crippen molar-refractivity contribution in [2.45, 2.75) is 31.3 Å². The van der Waals surface area contributed by atoms with E-state index in [0.717, 1.165) is 19.3 Å². The van der Waals surface area contributed by atoms with Crippen LogP contribution in [0.25, 0.3) is 0 Å². The number of anilines is 1. The molecule has 5 nitrogen and oxygen atoms in total. The maximum Gasteiger partial charge on any atom is 0.323 e. The van der Waals surface area contributed by atoms with Crippen LogP contribution < -0.4 is 10.2 Å². The summed E-state index contributed by atoms with van der Waals surface area (Å²) in [6.45, 7) is -0.340. The number of hydrogen-bond acceptors (Lipinski definition) is 3. The molecule has 21 heavy (non-hydrogen) atoms. The Kier molecular flexibility index (Phi) is 3.87. The van der Waals surface area contributed by atoms with Crippen LogP contribution in [0.2, 0.25) is 5.02 Å². The number of aliphatic carboxylic acids is 1. The van der Waals surface area contributed by atoms with Crippen LogP contribution in [-0.4, -0.2) is 35.6 Å². The van der Waals surface area contributed by atoms with Gasteiger partial charge in [0.25, 0.3) is 0 Å². The molecule has 2 fully saturated rings. The fraction of sp³-hybridized carbons (Fsp3) is 0.467. The average Bonchev–Trinajstić information content (AvgIpc) is 3.06. The topological polar surface area (TPSA) is 69.6 Å². The lowest BCUT2D eigenvalue weighted by Crippen LogP contribution is -2.43. The van der Waals surface area contributed by atoms with Gasteiger partial charge in [-0.15, -0.1) is 0 Å². The van der Waals surface area contributed by atoms with E-state index in [4.69, 9.17) is 16.7 Å². The van der Waals surface area contributed by atoms with Gasteiger partial charge in [-0.2, -0.15) is 0 Å². The number of amides is 1. The van der Waals surface area contributed by atoms with Gasteiger partial charge in [0, 0.05) is 22.8 Å². The number of benzene rings is 1. The summed E-state index contributed by atoms with van der Waals surface area (Å²) in [7, 11) is 0. The molecule has 112 valence electrons. The number of nitrogens with one attached hydrogen (secondary N) is 1. The highest BCUT2D eigenvalue weighted by Gasteiger charge is 2.44. The normalized spacial score (nSPS) is 26.8. The van der Waals surface area contributed by atoms with Crippen molar-refractivity contribution >= 4 is 29.2 Å². The van der Waals surface area contributed by atoms with Crippen LogP contribution in [0.1, 0.15) is 19.3 Å². The van der Waals surface area contributed by atoms with Crippen LogP contribution in [-0.2, 0) is 9.59 Å². The molecule has 6 heteroatoms. The third-order valence-electron chi connectivity index (χ3n) is 4.30. The Morgan fingerprint density at radius 1 is 1.38 bits per heavy atom. The number of fused-ring (bicyclic) bond motifs is 2. The van der Waals surface area contributed by atoms with E-state index in [0.29, 0.717) is 16.8 Å². The number of rotatable bonds is 4. The zero-order valence-electron chi connectivity index (χ0n) is 11.5. The lowest BCUT2D eigenvalue weighted by Gasteiger charge is -2.27. The summed E-state index contributed by atoms with van der Waals surface area (Å²) in [4.78, 5) is 25.2. The highest BCUT2D eigenvalue weighted by molar-refractivity contribution is 6.31. The van der Waals surface area contributed by atoms with Crippen molar-refractivity contribution in [3.63, 3.8) is 0 Å². The van der Waals surface area contributed by atoms with Crippen LogP contribution in [0, 0.1) is 5.92 Å². The van der Waals surface area contributed by atoms with Crippen LogP contribution in [0.3, 0.4) is 0 Å². The summed E-state index contributed by atoms with van der Waals surface area (Å²) < 4.78 is 0. The fourth-order valence-corrected chi connectivity index (χ4v) is 3.56. The van der Waals surface area contributed by atoms with Crippen molar-refractivity contribution in [1.29, 1.82) is 0 Å². The maximum atomic E-state index is 12.8. The fourth-order valence-electron chi connectivity index (χ4n) is 3.37. The highest BCUT2D eigenvalue weighted by atomic mass is 35.5. The predicted molar refractivity (Wildman–Crippen MR) is 79.5 cm³/mol. The minimum Gasteiger partial charge on any atom is -0.480 e. The summed E-state index contributed by atoms with van der Waals surface area (Å²) in [6.07, 6.45) is 2.88. The predicted octanol–water partition coefficient (Wildman–Crippen LogP) is 1.90. The number of carbonyl (C=O) groups is 2. The molecule has 2 heterocycles. The minimum absolute atomic E-state index is 0.126. The first kappa shape index (κ1) is 14.4. The van der Waals surface area contributed by atoms with Gasteiger partial charge in [0.2, 0.25) is 5.91 Å². The van der Waals surface area contributed by atoms with E-state index in [1.165, 1.54) is 4.90 Å². The van der Waals surface area contributed by atoms with Gasteiger partial charge in [0.05, 0.1) is 5.92 Å². The Morgan fingerprint density at radius 3 is 2.76 bits per heavy atom.